The molecule has 1 saturated carbocycles. The van der Waals surface area contributed by atoms with E-state index in [2.05, 4.69) is 5.10 Å². The first-order valence-electron chi connectivity index (χ1n) is 8.59. The molecule has 0 saturated heterocycles. The van der Waals surface area contributed by atoms with Crippen LogP contribution in [0.15, 0.2) is 29.4 Å². The maximum atomic E-state index is 13.3. The Kier molecular flexibility index (Phi) is 4.52. The third kappa shape index (κ3) is 2.87. The van der Waals surface area contributed by atoms with E-state index in [-0.39, 0.29) is 29.7 Å². The quantitative estimate of drug-likeness (QED) is 0.788. The Hall–Kier alpha value is -2.04. The molecule has 1 aliphatic carbocycles. The predicted octanol–water partition coefficient (Wildman–Crippen LogP) is 3.81. The number of carbonyl (C=O) groups is 2. The van der Waals surface area contributed by atoms with Gasteiger partial charge in [0.2, 0.25) is 0 Å². The number of halogens is 1. The fraction of sp³-hybridized carbons (Fsp3) is 0.526. The standard InChI is InChI=1S/C19H23FN2O2/c1-13-19(2,15-8-4-3-5-9-15)18(24)22(21-13)12-17(23)14-7-6-10-16(20)11-14/h6-7,10-11,15H,3-5,8-9,12H2,1-2H3. The molecule has 5 heteroatoms. The van der Waals surface area contributed by atoms with Crippen molar-refractivity contribution in [2.24, 2.45) is 16.4 Å². The molecule has 2 aliphatic rings. The minimum atomic E-state index is -0.608. The van der Waals surface area contributed by atoms with Gasteiger partial charge in [-0.05, 0) is 44.7 Å². The summed E-state index contributed by atoms with van der Waals surface area (Å²) in [5, 5.41) is 5.65. The lowest BCUT2D eigenvalue weighted by molar-refractivity contribution is -0.137. The molecule has 0 N–H and O–H groups in total. The highest BCUT2D eigenvalue weighted by Crippen LogP contribution is 2.43. The third-order valence-electron chi connectivity index (χ3n) is 5.56. The average Bonchev–Trinajstić information content (AvgIpc) is 2.80. The molecule has 4 nitrogen and oxygen atoms in total. The second-order valence-electron chi connectivity index (χ2n) is 7.02. The van der Waals surface area contributed by atoms with Crippen molar-refractivity contribution < 1.29 is 14.0 Å². The number of amides is 1. The van der Waals surface area contributed by atoms with Crippen LogP contribution in [-0.2, 0) is 4.79 Å². The zero-order valence-corrected chi connectivity index (χ0v) is 14.2. The highest BCUT2D eigenvalue weighted by Gasteiger charge is 2.50. The van der Waals surface area contributed by atoms with Gasteiger partial charge in [0.05, 0.1) is 11.1 Å². The van der Waals surface area contributed by atoms with E-state index in [1.54, 1.807) is 6.07 Å². The topological polar surface area (TPSA) is 49.7 Å². The largest absolute Gasteiger partial charge is 0.292 e. The first-order chi connectivity index (χ1) is 11.4. The van der Waals surface area contributed by atoms with Crippen molar-refractivity contribution in [1.82, 2.24) is 5.01 Å². The molecule has 1 unspecified atom stereocenters. The van der Waals surface area contributed by atoms with Crippen molar-refractivity contribution in [2.45, 2.75) is 46.0 Å². The van der Waals surface area contributed by atoms with E-state index in [0.717, 1.165) is 31.4 Å². The highest BCUT2D eigenvalue weighted by molar-refractivity contribution is 6.12. The van der Waals surface area contributed by atoms with Crippen molar-refractivity contribution in [3.05, 3.63) is 35.6 Å². The Balaban J connectivity index is 1.76. The molecule has 1 heterocycles. The van der Waals surface area contributed by atoms with Gasteiger partial charge in [0.1, 0.15) is 12.4 Å². The molecule has 0 aromatic heterocycles. The molecule has 0 spiro atoms. The van der Waals surface area contributed by atoms with Crippen molar-refractivity contribution in [2.75, 3.05) is 6.54 Å². The third-order valence-corrected chi connectivity index (χ3v) is 5.56. The summed E-state index contributed by atoms with van der Waals surface area (Å²) in [6.45, 7) is 3.69. The molecule has 1 amide bonds. The van der Waals surface area contributed by atoms with Gasteiger partial charge in [0.15, 0.2) is 5.78 Å². The van der Waals surface area contributed by atoms with E-state index in [9.17, 15) is 14.0 Å². The SMILES string of the molecule is CC1=NN(CC(=O)c2cccc(F)c2)C(=O)C1(C)C1CCCCC1. The second kappa shape index (κ2) is 6.46. The summed E-state index contributed by atoms with van der Waals surface area (Å²) in [4.78, 5) is 25.3. The van der Waals surface area contributed by atoms with Gasteiger partial charge in [0.25, 0.3) is 5.91 Å². The summed E-state index contributed by atoms with van der Waals surface area (Å²) in [7, 11) is 0. The van der Waals surface area contributed by atoms with E-state index in [1.807, 2.05) is 13.8 Å². The van der Waals surface area contributed by atoms with Crippen LogP contribution in [0.1, 0.15) is 56.3 Å². The molecule has 1 fully saturated rings. The maximum Gasteiger partial charge on any atom is 0.255 e. The molecule has 128 valence electrons. The van der Waals surface area contributed by atoms with Gasteiger partial charge in [-0.15, -0.1) is 0 Å². The van der Waals surface area contributed by atoms with Gasteiger partial charge in [0, 0.05) is 5.56 Å². The predicted molar refractivity (Wildman–Crippen MR) is 90.2 cm³/mol. The zero-order chi connectivity index (χ0) is 17.3. The Morgan fingerprint density at radius 2 is 2.04 bits per heavy atom. The average molecular weight is 330 g/mol. The van der Waals surface area contributed by atoms with Crippen LogP contribution in [0.4, 0.5) is 4.39 Å². The van der Waals surface area contributed by atoms with Crippen LogP contribution in [0.5, 0.6) is 0 Å². The van der Waals surface area contributed by atoms with E-state index < -0.39 is 11.2 Å². The second-order valence-corrected chi connectivity index (χ2v) is 7.02. The number of nitrogens with zero attached hydrogens (tertiary/aromatic N) is 2. The Labute approximate surface area is 141 Å². The summed E-state index contributed by atoms with van der Waals surface area (Å²) < 4.78 is 13.3. The van der Waals surface area contributed by atoms with Crippen LogP contribution in [0.3, 0.4) is 0 Å². The van der Waals surface area contributed by atoms with E-state index in [1.165, 1.54) is 29.6 Å². The molecule has 1 aromatic rings. The first-order valence-corrected chi connectivity index (χ1v) is 8.59. The van der Waals surface area contributed by atoms with Crippen LogP contribution < -0.4 is 0 Å². The van der Waals surface area contributed by atoms with Gasteiger partial charge < -0.3 is 0 Å². The number of Topliss-reactive ketones (excluding diaryl/α,β-unsaturated/α-hetero) is 1. The lowest BCUT2D eigenvalue weighted by atomic mass is 9.67. The molecular weight excluding hydrogens is 307 g/mol. The molecule has 1 atom stereocenters. The molecule has 1 aliphatic heterocycles. The van der Waals surface area contributed by atoms with Gasteiger partial charge >= 0.3 is 0 Å². The molecule has 0 bridgehead atoms. The summed E-state index contributed by atoms with van der Waals surface area (Å²) in [5.74, 6) is -0.568. The first kappa shape index (κ1) is 16.8. The summed E-state index contributed by atoms with van der Waals surface area (Å²) in [6, 6.07) is 5.54. The van der Waals surface area contributed by atoms with Crippen LogP contribution in [0.25, 0.3) is 0 Å². The zero-order valence-electron chi connectivity index (χ0n) is 14.2. The minimum Gasteiger partial charge on any atom is -0.292 e. The number of hydrogen-bond donors (Lipinski definition) is 0. The highest BCUT2D eigenvalue weighted by atomic mass is 19.1. The van der Waals surface area contributed by atoms with Crippen LogP contribution in [0.2, 0.25) is 0 Å². The number of ketones is 1. The Bertz CT molecular complexity index is 694. The molecule has 3 rings (SSSR count). The number of benzene rings is 1. The molecule has 1 aromatic carbocycles. The van der Waals surface area contributed by atoms with Crippen molar-refractivity contribution in [1.29, 1.82) is 0 Å². The lowest BCUT2D eigenvalue weighted by Gasteiger charge is -2.35. The molecule has 24 heavy (non-hydrogen) atoms. The van der Waals surface area contributed by atoms with Gasteiger partial charge in [-0.2, -0.15) is 5.10 Å². The van der Waals surface area contributed by atoms with E-state index in [0.29, 0.717) is 0 Å². The smallest absolute Gasteiger partial charge is 0.255 e. The summed E-state index contributed by atoms with van der Waals surface area (Å²) >= 11 is 0. The van der Waals surface area contributed by atoms with E-state index in [4.69, 9.17) is 0 Å². The Morgan fingerprint density at radius 1 is 1.33 bits per heavy atom. The Morgan fingerprint density at radius 3 is 2.71 bits per heavy atom. The van der Waals surface area contributed by atoms with Gasteiger partial charge in [-0.1, -0.05) is 31.4 Å². The van der Waals surface area contributed by atoms with Crippen LogP contribution in [0, 0.1) is 17.2 Å². The normalized spacial score (nSPS) is 25.0. The fourth-order valence-corrected chi connectivity index (χ4v) is 3.90. The maximum absolute atomic E-state index is 13.3. The van der Waals surface area contributed by atoms with Crippen molar-refractivity contribution in [3.63, 3.8) is 0 Å². The van der Waals surface area contributed by atoms with Gasteiger partial charge in [-0.3, -0.25) is 9.59 Å². The van der Waals surface area contributed by atoms with Crippen LogP contribution >= 0.6 is 0 Å². The number of carbonyl (C=O) groups excluding carboxylic acids is 2. The minimum absolute atomic E-state index is 0.100. The lowest BCUT2D eigenvalue weighted by Crippen LogP contribution is -2.44. The van der Waals surface area contributed by atoms with Crippen LogP contribution in [-0.4, -0.2) is 29.0 Å². The molecular formula is C19H23FN2O2. The van der Waals surface area contributed by atoms with E-state index >= 15 is 0 Å². The monoisotopic (exact) mass is 330 g/mol. The number of hydrogen-bond acceptors (Lipinski definition) is 3. The fourth-order valence-electron chi connectivity index (χ4n) is 3.90. The summed E-state index contributed by atoms with van der Waals surface area (Å²) in [5.41, 5.74) is 0.441. The van der Waals surface area contributed by atoms with Gasteiger partial charge in [-0.25, -0.2) is 9.40 Å². The number of hydrazone groups is 1. The number of rotatable bonds is 4. The molecule has 0 radical (unpaired) electrons. The van der Waals surface area contributed by atoms with Crippen molar-refractivity contribution in [3.8, 4) is 0 Å². The van der Waals surface area contributed by atoms with Crippen molar-refractivity contribution >= 4 is 17.4 Å². The summed E-state index contributed by atoms with van der Waals surface area (Å²) in [6.07, 6.45) is 5.56.